The molecule has 1 aliphatic heterocycles. The molecular formula is C20H24N6O. The first-order chi connectivity index (χ1) is 13.2. The van der Waals surface area contributed by atoms with E-state index in [0.717, 1.165) is 49.6 Å². The number of hydrogen-bond donors (Lipinski definition) is 1. The summed E-state index contributed by atoms with van der Waals surface area (Å²) in [6.45, 7) is 4.47. The molecule has 3 heterocycles. The van der Waals surface area contributed by atoms with E-state index in [2.05, 4.69) is 31.5 Å². The van der Waals surface area contributed by atoms with E-state index in [0.29, 0.717) is 11.6 Å². The van der Waals surface area contributed by atoms with Gasteiger partial charge < -0.3 is 10.0 Å². The van der Waals surface area contributed by atoms with Crippen LogP contribution in [0.4, 0.5) is 5.82 Å². The van der Waals surface area contributed by atoms with Crippen molar-refractivity contribution >= 4 is 5.82 Å². The lowest BCUT2D eigenvalue weighted by Crippen LogP contribution is -2.35. The maximum Gasteiger partial charge on any atom is 0.151 e. The summed E-state index contributed by atoms with van der Waals surface area (Å²) in [6.07, 6.45) is 3.42. The highest BCUT2D eigenvalue weighted by molar-refractivity contribution is 5.59. The van der Waals surface area contributed by atoms with Crippen LogP contribution in [-0.2, 0) is 6.54 Å². The quantitative estimate of drug-likeness (QED) is 0.750. The van der Waals surface area contributed by atoms with Crippen LogP contribution in [0.2, 0.25) is 0 Å². The molecule has 0 unspecified atom stereocenters. The van der Waals surface area contributed by atoms with Crippen LogP contribution in [0.5, 0.6) is 0 Å². The minimum absolute atomic E-state index is 0.557. The van der Waals surface area contributed by atoms with Crippen LogP contribution >= 0.6 is 0 Å². The molecule has 0 aliphatic carbocycles. The van der Waals surface area contributed by atoms with Gasteiger partial charge in [0.05, 0.1) is 18.0 Å². The van der Waals surface area contributed by atoms with E-state index in [1.165, 1.54) is 0 Å². The second kappa shape index (κ2) is 7.84. The van der Waals surface area contributed by atoms with E-state index >= 15 is 0 Å². The van der Waals surface area contributed by atoms with Gasteiger partial charge in [-0.2, -0.15) is 0 Å². The normalized spacial score (nSPS) is 16.4. The van der Waals surface area contributed by atoms with Gasteiger partial charge in [-0.15, -0.1) is 15.3 Å². The van der Waals surface area contributed by atoms with Crippen molar-refractivity contribution in [1.82, 2.24) is 25.2 Å². The molecule has 7 heteroatoms. The summed E-state index contributed by atoms with van der Waals surface area (Å²) < 4.78 is 1.84. The fourth-order valence-electron chi connectivity index (χ4n) is 3.46. The van der Waals surface area contributed by atoms with Crippen molar-refractivity contribution < 1.29 is 5.11 Å². The second-order valence-corrected chi connectivity index (χ2v) is 7.11. The minimum atomic E-state index is -0.571. The number of anilines is 1. The zero-order valence-corrected chi connectivity index (χ0v) is 15.4. The molecular weight excluding hydrogens is 340 g/mol. The zero-order chi connectivity index (χ0) is 18.6. The van der Waals surface area contributed by atoms with E-state index in [4.69, 9.17) is 0 Å². The van der Waals surface area contributed by atoms with Crippen LogP contribution in [0, 0.1) is 5.92 Å². The largest absolute Gasteiger partial charge is 0.387 e. The molecule has 4 rings (SSSR count). The van der Waals surface area contributed by atoms with Crippen molar-refractivity contribution in [1.29, 1.82) is 0 Å². The smallest absolute Gasteiger partial charge is 0.151 e. The van der Waals surface area contributed by atoms with Gasteiger partial charge in [-0.1, -0.05) is 35.5 Å². The van der Waals surface area contributed by atoms with Crippen LogP contribution in [-0.4, -0.2) is 43.4 Å². The van der Waals surface area contributed by atoms with Crippen LogP contribution in [0.25, 0.3) is 11.3 Å². The molecule has 1 N–H and O–H groups in total. The Morgan fingerprint density at radius 1 is 1.04 bits per heavy atom. The first kappa shape index (κ1) is 17.6. The summed E-state index contributed by atoms with van der Waals surface area (Å²) in [4.78, 5) is 2.29. The molecule has 27 heavy (non-hydrogen) atoms. The lowest BCUT2D eigenvalue weighted by atomic mass is 9.97. The topological polar surface area (TPSA) is 80.0 Å². The summed E-state index contributed by atoms with van der Waals surface area (Å²) >= 11 is 0. The Labute approximate surface area is 158 Å². The Morgan fingerprint density at radius 3 is 2.44 bits per heavy atom. The Balaban J connectivity index is 1.33. The number of benzene rings is 1. The molecule has 140 valence electrons. The third kappa shape index (κ3) is 4.14. The Bertz CT molecular complexity index is 854. The van der Waals surface area contributed by atoms with E-state index < -0.39 is 6.10 Å². The summed E-state index contributed by atoms with van der Waals surface area (Å²) in [5.74, 6) is 1.49. The highest BCUT2D eigenvalue weighted by Gasteiger charge is 2.21. The molecule has 0 saturated carbocycles. The summed E-state index contributed by atoms with van der Waals surface area (Å²) in [5, 5.41) is 26.5. The molecule has 0 spiro atoms. The van der Waals surface area contributed by atoms with Crippen molar-refractivity contribution in [3.8, 4) is 11.3 Å². The SMILES string of the molecule is C[C@H](O)c1cn(CC2CCN(c3ccc(-c4ccccc4)nn3)CC2)nn1. The maximum atomic E-state index is 9.56. The van der Waals surface area contributed by atoms with E-state index in [9.17, 15) is 5.11 Å². The summed E-state index contributed by atoms with van der Waals surface area (Å²) in [5.41, 5.74) is 2.61. The number of nitrogens with zero attached hydrogens (tertiary/aromatic N) is 6. The third-order valence-electron chi connectivity index (χ3n) is 5.09. The van der Waals surface area contributed by atoms with Crippen LogP contribution in [0.15, 0.2) is 48.7 Å². The standard InChI is InChI=1S/C20H24N6O/c1-15(27)19-14-26(24-22-19)13-16-9-11-25(12-10-16)20-8-7-18(21-23-20)17-5-3-2-4-6-17/h2-8,14-16,27H,9-13H2,1H3/t15-/m0/s1. The van der Waals surface area contributed by atoms with Crippen LogP contribution in [0.3, 0.4) is 0 Å². The number of aromatic nitrogens is 5. The number of rotatable bonds is 5. The molecule has 2 aromatic heterocycles. The molecule has 0 bridgehead atoms. The number of piperidine rings is 1. The van der Waals surface area contributed by atoms with Crippen LogP contribution < -0.4 is 4.90 Å². The van der Waals surface area contributed by atoms with Crippen molar-refractivity contribution in [2.75, 3.05) is 18.0 Å². The van der Waals surface area contributed by atoms with Gasteiger partial charge in [0.2, 0.25) is 0 Å². The molecule has 0 radical (unpaired) electrons. The van der Waals surface area contributed by atoms with Crippen LogP contribution in [0.1, 0.15) is 31.6 Å². The molecule has 1 saturated heterocycles. The number of hydrogen-bond acceptors (Lipinski definition) is 6. The summed E-state index contributed by atoms with van der Waals surface area (Å²) in [7, 11) is 0. The second-order valence-electron chi connectivity index (χ2n) is 7.11. The zero-order valence-electron chi connectivity index (χ0n) is 15.4. The fraction of sp³-hybridized carbons (Fsp3) is 0.400. The molecule has 7 nitrogen and oxygen atoms in total. The van der Waals surface area contributed by atoms with E-state index in [1.54, 1.807) is 6.92 Å². The third-order valence-corrected chi connectivity index (χ3v) is 5.09. The average molecular weight is 364 g/mol. The highest BCUT2D eigenvalue weighted by atomic mass is 16.3. The predicted octanol–water partition coefficient (Wildman–Crippen LogP) is 2.71. The fourth-order valence-corrected chi connectivity index (χ4v) is 3.46. The Hall–Kier alpha value is -2.80. The van der Waals surface area contributed by atoms with Gasteiger partial charge >= 0.3 is 0 Å². The average Bonchev–Trinajstić information content (AvgIpc) is 3.18. The monoisotopic (exact) mass is 364 g/mol. The Kier molecular flexibility index (Phi) is 5.11. The van der Waals surface area contributed by atoms with Crippen molar-refractivity contribution in [2.24, 2.45) is 5.92 Å². The van der Waals surface area contributed by atoms with Gasteiger partial charge in [-0.05, 0) is 37.8 Å². The van der Waals surface area contributed by atoms with E-state index in [1.807, 2.05) is 47.3 Å². The minimum Gasteiger partial charge on any atom is -0.387 e. The van der Waals surface area contributed by atoms with Gasteiger partial charge in [0.1, 0.15) is 5.69 Å². The van der Waals surface area contributed by atoms with Crippen molar-refractivity contribution in [3.63, 3.8) is 0 Å². The molecule has 1 atom stereocenters. The number of aliphatic hydroxyl groups is 1. The molecule has 1 aliphatic rings. The first-order valence-corrected chi connectivity index (χ1v) is 9.41. The van der Waals surface area contributed by atoms with Crippen molar-refractivity contribution in [3.05, 3.63) is 54.4 Å². The number of aliphatic hydroxyl groups excluding tert-OH is 1. The first-order valence-electron chi connectivity index (χ1n) is 9.41. The lowest BCUT2D eigenvalue weighted by molar-refractivity contribution is 0.194. The highest BCUT2D eigenvalue weighted by Crippen LogP contribution is 2.24. The maximum absolute atomic E-state index is 9.56. The van der Waals surface area contributed by atoms with Gasteiger partial charge in [0.15, 0.2) is 5.82 Å². The summed E-state index contributed by atoms with van der Waals surface area (Å²) in [6, 6.07) is 14.2. The lowest BCUT2D eigenvalue weighted by Gasteiger charge is -2.32. The molecule has 1 aromatic carbocycles. The molecule has 3 aromatic rings. The van der Waals surface area contributed by atoms with Gasteiger partial charge in [-0.3, -0.25) is 4.68 Å². The molecule has 0 amide bonds. The predicted molar refractivity (Wildman–Crippen MR) is 103 cm³/mol. The Morgan fingerprint density at radius 2 is 1.81 bits per heavy atom. The van der Waals surface area contributed by atoms with Gasteiger partial charge in [0, 0.05) is 25.2 Å². The molecule has 1 fully saturated rings. The van der Waals surface area contributed by atoms with Gasteiger partial charge in [-0.25, -0.2) is 0 Å². The van der Waals surface area contributed by atoms with Gasteiger partial charge in [0.25, 0.3) is 0 Å². The van der Waals surface area contributed by atoms with Crippen molar-refractivity contribution in [2.45, 2.75) is 32.4 Å². The van der Waals surface area contributed by atoms with E-state index in [-0.39, 0.29) is 0 Å².